The van der Waals surface area contributed by atoms with Gasteiger partial charge in [0.05, 0.1) is 7.11 Å². The summed E-state index contributed by atoms with van der Waals surface area (Å²) >= 11 is 0. The van der Waals surface area contributed by atoms with Crippen LogP contribution in [0.4, 0.5) is 4.39 Å². The Kier molecular flexibility index (Phi) is 7.97. The molecule has 0 aliphatic carbocycles. The molecule has 166 valence electrons. The molecule has 1 atom stereocenters. The number of ether oxygens (including phenoxy) is 1. The molecule has 2 amide bonds. The van der Waals surface area contributed by atoms with Crippen LogP contribution in [0.1, 0.15) is 23.6 Å². The molecule has 3 aromatic carbocycles. The van der Waals surface area contributed by atoms with Crippen molar-refractivity contribution in [2.75, 3.05) is 7.11 Å². The van der Waals surface area contributed by atoms with E-state index >= 15 is 0 Å². The Hall–Kier alpha value is -3.67. The second-order valence-corrected chi connectivity index (χ2v) is 7.54. The summed E-state index contributed by atoms with van der Waals surface area (Å²) in [5.41, 5.74) is 2.62. The molecule has 0 heterocycles. The molecule has 0 aromatic heterocycles. The first-order valence-electron chi connectivity index (χ1n) is 10.4. The maximum absolute atomic E-state index is 13.3. The number of methoxy groups -OCH3 is 1. The van der Waals surface area contributed by atoms with Gasteiger partial charge in [-0.15, -0.1) is 0 Å². The van der Waals surface area contributed by atoms with Crippen LogP contribution < -0.4 is 10.1 Å². The Bertz CT molecular complexity index is 1020. The number of benzene rings is 3. The molecule has 0 saturated carbocycles. The first-order valence-corrected chi connectivity index (χ1v) is 10.4. The van der Waals surface area contributed by atoms with Crippen molar-refractivity contribution in [3.05, 3.63) is 101 Å². The van der Waals surface area contributed by atoms with E-state index in [4.69, 9.17) is 4.74 Å². The van der Waals surface area contributed by atoms with Crippen LogP contribution in [0.5, 0.6) is 5.75 Å². The SMILES string of the molecule is COc1ccc(CNC(=O)C(Cc2ccccc2)N(Cc2ccc(F)cc2)C(C)=O)cc1. The summed E-state index contributed by atoms with van der Waals surface area (Å²) in [5.74, 6) is -0.0814. The van der Waals surface area contributed by atoms with Crippen molar-refractivity contribution < 1.29 is 18.7 Å². The quantitative estimate of drug-likeness (QED) is 0.551. The van der Waals surface area contributed by atoms with Crippen molar-refractivity contribution in [2.45, 2.75) is 32.5 Å². The lowest BCUT2D eigenvalue weighted by Gasteiger charge is -2.30. The number of nitrogens with zero attached hydrogens (tertiary/aromatic N) is 1. The third kappa shape index (κ3) is 6.41. The molecule has 6 heteroatoms. The van der Waals surface area contributed by atoms with Gasteiger partial charge in [-0.3, -0.25) is 9.59 Å². The van der Waals surface area contributed by atoms with E-state index in [9.17, 15) is 14.0 Å². The predicted octanol–water partition coefficient (Wildman–Crippen LogP) is 4.11. The van der Waals surface area contributed by atoms with Crippen LogP contribution in [-0.4, -0.2) is 29.9 Å². The summed E-state index contributed by atoms with van der Waals surface area (Å²) in [4.78, 5) is 27.3. The summed E-state index contributed by atoms with van der Waals surface area (Å²) in [7, 11) is 1.60. The normalized spacial score (nSPS) is 11.5. The van der Waals surface area contributed by atoms with Gasteiger partial charge in [-0.1, -0.05) is 54.6 Å². The fraction of sp³-hybridized carbons (Fsp3) is 0.231. The molecule has 0 aliphatic heterocycles. The van der Waals surface area contributed by atoms with Gasteiger partial charge in [-0.2, -0.15) is 0 Å². The van der Waals surface area contributed by atoms with Crippen LogP contribution in [0.2, 0.25) is 0 Å². The first kappa shape index (κ1) is 23.0. The lowest BCUT2D eigenvalue weighted by Crippen LogP contribution is -2.49. The molecule has 0 bridgehead atoms. The number of hydrogen-bond acceptors (Lipinski definition) is 3. The Balaban J connectivity index is 1.80. The Labute approximate surface area is 187 Å². The molecule has 0 spiro atoms. The van der Waals surface area contributed by atoms with Gasteiger partial charge in [-0.05, 0) is 41.0 Å². The number of halogens is 1. The second-order valence-electron chi connectivity index (χ2n) is 7.54. The van der Waals surface area contributed by atoms with E-state index < -0.39 is 6.04 Å². The van der Waals surface area contributed by atoms with Crippen molar-refractivity contribution in [3.63, 3.8) is 0 Å². The maximum atomic E-state index is 13.3. The lowest BCUT2D eigenvalue weighted by atomic mass is 10.0. The summed E-state index contributed by atoms with van der Waals surface area (Å²) in [5, 5.41) is 2.95. The van der Waals surface area contributed by atoms with Crippen molar-refractivity contribution in [2.24, 2.45) is 0 Å². The monoisotopic (exact) mass is 434 g/mol. The molecular weight excluding hydrogens is 407 g/mol. The van der Waals surface area contributed by atoms with E-state index in [1.165, 1.54) is 24.0 Å². The van der Waals surface area contributed by atoms with Crippen LogP contribution in [-0.2, 0) is 29.1 Å². The molecule has 32 heavy (non-hydrogen) atoms. The zero-order chi connectivity index (χ0) is 22.9. The van der Waals surface area contributed by atoms with E-state index in [2.05, 4.69) is 5.32 Å². The zero-order valence-electron chi connectivity index (χ0n) is 18.3. The number of carbonyl (C=O) groups excluding carboxylic acids is 2. The van der Waals surface area contributed by atoms with Gasteiger partial charge in [0.25, 0.3) is 0 Å². The minimum Gasteiger partial charge on any atom is -0.497 e. The lowest BCUT2D eigenvalue weighted by molar-refractivity contribution is -0.139. The van der Waals surface area contributed by atoms with E-state index in [1.807, 2.05) is 54.6 Å². The Morgan fingerprint density at radius 2 is 1.53 bits per heavy atom. The summed E-state index contributed by atoms with van der Waals surface area (Å²) in [6, 6.07) is 22.2. The Morgan fingerprint density at radius 3 is 2.12 bits per heavy atom. The third-order valence-corrected chi connectivity index (χ3v) is 5.25. The Morgan fingerprint density at radius 1 is 0.906 bits per heavy atom. The molecule has 3 rings (SSSR count). The number of hydrogen-bond donors (Lipinski definition) is 1. The fourth-order valence-electron chi connectivity index (χ4n) is 3.46. The molecule has 0 saturated heterocycles. The van der Waals surface area contributed by atoms with Crippen molar-refractivity contribution in [1.29, 1.82) is 0 Å². The number of nitrogens with one attached hydrogen (secondary N) is 1. The summed E-state index contributed by atoms with van der Waals surface area (Å²) in [6.07, 6.45) is 0.371. The standard InChI is InChI=1S/C26H27FN2O3/c1-19(30)29(18-22-8-12-23(27)13-9-22)25(16-20-6-4-3-5-7-20)26(31)28-17-21-10-14-24(32-2)15-11-21/h3-15,25H,16-18H2,1-2H3,(H,28,31). The van der Waals surface area contributed by atoms with Gasteiger partial charge in [0.1, 0.15) is 17.6 Å². The molecule has 5 nitrogen and oxygen atoms in total. The minimum atomic E-state index is -0.710. The van der Waals surface area contributed by atoms with E-state index in [0.717, 1.165) is 22.4 Å². The van der Waals surface area contributed by atoms with Crippen molar-refractivity contribution >= 4 is 11.8 Å². The minimum absolute atomic E-state index is 0.211. The maximum Gasteiger partial charge on any atom is 0.243 e. The summed E-state index contributed by atoms with van der Waals surface area (Å²) in [6.45, 7) is 1.98. The van der Waals surface area contributed by atoms with Gasteiger partial charge >= 0.3 is 0 Å². The summed E-state index contributed by atoms with van der Waals surface area (Å²) < 4.78 is 18.5. The molecule has 0 radical (unpaired) electrons. The first-order chi connectivity index (χ1) is 15.5. The highest BCUT2D eigenvalue weighted by Gasteiger charge is 2.28. The largest absolute Gasteiger partial charge is 0.497 e. The smallest absolute Gasteiger partial charge is 0.243 e. The van der Waals surface area contributed by atoms with Gasteiger partial charge in [0.2, 0.25) is 11.8 Å². The highest BCUT2D eigenvalue weighted by Crippen LogP contribution is 2.16. The van der Waals surface area contributed by atoms with Crippen LogP contribution in [0.15, 0.2) is 78.9 Å². The number of carbonyl (C=O) groups is 2. The molecule has 0 aliphatic rings. The molecule has 1 unspecified atom stereocenters. The molecule has 3 aromatic rings. The van der Waals surface area contributed by atoms with E-state index in [0.29, 0.717) is 13.0 Å². The highest BCUT2D eigenvalue weighted by atomic mass is 19.1. The van der Waals surface area contributed by atoms with Gasteiger partial charge < -0.3 is 15.0 Å². The van der Waals surface area contributed by atoms with Gasteiger partial charge in [0, 0.05) is 26.4 Å². The van der Waals surface area contributed by atoms with Crippen molar-refractivity contribution in [3.8, 4) is 5.75 Å². The van der Waals surface area contributed by atoms with E-state index in [1.54, 1.807) is 19.2 Å². The van der Waals surface area contributed by atoms with Crippen molar-refractivity contribution in [1.82, 2.24) is 10.2 Å². The third-order valence-electron chi connectivity index (χ3n) is 5.25. The van der Waals surface area contributed by atoms with Gasteiger partial charge in [-0.25, -0.2) is 4.39 Å². The van der Waals surface area contributed by atoms with Crippen LogP contribution in [0.3, 0.4) is 0 Å². The second kappa shape index (κ2) is 11.1. The van der Waals surface area contributed by atoms with Crippen LogP contribution in [0, 0.1) is 5.82 Å². The number of amides is 2. The van der Waals surface area contributed by atoms with Crippen LogP contribution in [0.25, 0.3) is 0 Å². The number of rotatable bonds is 9. The topological polar surface area (TPSA) is 58.6 Å². The van der Waals surface area contributed by atoms with Crippen LogP contribution >= 0.6 is 0 Å². The van der Waals surface area contributed by atoms with Gasteiger partial charge in [0.15, 0.2) is 0 Å². The fourth-order valence-corrected chi connectivity index (χ4v) is 3.46. The average Bonchev–Trinajstić information content (AvgIpc) is 2.81. The van der Waals surface area contributed by atoms with E-state index in [-0.39, 0.29) is 24.2 Å². The average molecular weight is 435 g/mol. The highest BCUT2D eigenvalue weighted by molar-refractivity contribution is 5.87. The zero-order valence-corrected chi connectivity index (χ0v) is 18.3. The predicted molar refractivity (Wildman–Crippen MR) is 121 cm³/mol. The molecule has 0 fully saturated rings. The molecular formula is C26H27FN2O3. The molecule has 1 N–H and O–H groups in total.